The molecule has 138 valence electrons. The van der Waals surface area contributed by atoms with Gasteiger partial charge in [-0.05, 0) is 36.6 Å². The first kappa shape index (κ1) is 18.2. The highest BCUT2D eigenvalue weighted by molar-refractivity contribution is 5.99. The van der Waals surface area contributed by atoms with E-state index >= 15 is 0 Å². The monoisotopic (exact) mass is 368 g/mol. The van der Waals surface area contributed by atoms with E-state index in [1.165, 1.54) is 30.5 Å². The number of hydrogen-bond acceptors (Lipinski definition) is 3. The van der Waals surface area contributed by atoms with Crippen molar-refractivity contribution in [3.63, 3.8) is 0 Å². The second kappa shape index (κ2) is 6.93. The molecule has 8 heteroatoms. The Morgan fingerprint density at radius 1 is 1.15 bits per heavy atom. The van der Waals surface area contributed by atoms with Crippen LogP contribution in [0.4, 0.5) is 23.2 Å². The molecule has 26 heavy (non-hydrogen) atoms. The molecule has 3 rings (SSSR count). The summed E-state index contributed by atoms with van der Waals surface area (Å²) < 4.78 is 54.0. The van der Waals surface area contributed by atoms with Crippen LogP contribution in [0.5, 0.6) is 5.88 Å². The zero-order valence-electron chi connectivity index (χ0n) is 13.6. The summed E-state index contributed by atoms with van der Waals surface area (Å²) in [5.41, 5.74) is 0.364. The average Bonchev–Trinajstić information content (AvgIpc) is 2.54. The molecule has 4 nitrogen and oxygen atoms in total. The van der Waals surface area contributed by atoms with Crippen LogP contribution in [0.25, 0.3) is 0 Å². The topological polar surface area (TPSA) is 51.2 Å². The van der Waals surface area contributed by atoms with Crippen LogP contribution in [0.2, 0.25) is 0 Å². The molecule has 1 aliphatic rings. The SMILES string of the molecule is O=C(Nc1ccc(OCC(F)(F)F)nc1)C1(c2ccc(F)cc2)CCC1. The Bertz CT molecular complexity index is 769. The molecule has 1 heterocycles. The predicted octanol–water partition coefficient (Wildman–Crippen LogP) is 4.22. The molecule has 1 aliphatic carbocycles. The first-order chi connectivity index (χ1) is 12.3. The standard InChI is InChI=1S/C18H16F4N2O2/c19-13-4-2-12(3-5-13)17(8-1-9-17)16(25)24-14-6-7-15(23-10-14)26-11-18(20,21)22/h2-7,10H,1,8-9,11H2,(H,24,25). The number of pyridine rings is 1. The summed E-state index contributed by atoms with van der Waals surface area (Å²) in [7, 11) is 0. The van der Waals surface area contributed by atoms with Gasteiger partial charge in [-0.3, -0.25) is 4.79 Å². The first-order valence-corrected chi connectivity index (χ1v) is 8.02. The summed E-state index contributed by atoms with van der Waals surface area (Å²) in [6.07, 6.45) is -1.04. The van der Waals surface area contributed by atoms with Gasteiger partial charge >= 0.3 is 6.18 Å². The molecule has 0 atom stereocenters. The number of halogens is 4. The zero-order valence-corrected chi connectivity index (χ0v) is 13.6. The van der Waals surface area contributed by atoms with Crippen LogP contribution in [0.1, 0.15) is 24.8 Å². The zero-order chi connectivity index (χ0) is 18.8. The Hall–Kier alpha value is -2.64. The first-order valence-electron chi connectivity index (χ1n) is 8.02. The number of ether oxygens (including phenoxy) is 1. The number of aromatic nitrogens is 1. The maximum atomic E-state index is 13.1. The Morgan fingerprint density at radius 2 is 1.85 bits per heavy atom. The summed E-state index contributed by atoms with van der Waals surface area (Å²) in [5, 5.41) is 2.72. The van der Waals surface area contributed by atoms with Crippen molar-refractivity contribution in [2.45, 2.75) is 30.9 Å². The van der Waals surface area contributed by atoms with Crippen molar-refractivity contribution < 1.29 is 27.1 Å². The highest BCUT2D eigenvalue weighted by Gasteiger charge is 2.45. The average molecular weight is 368 g/mol. The van der Waals surface area contributed by atoms with Gasteiger partial charge in [0.05, 0.1) is 17.3 Å². The minimum absolute atomic E-state index is 0.183. The summed E-state index contributed by atoms with van der Waals surface area (Å²) in [4.78, 5) is 16.5. The maximum absolute atomic E-state index is 13.1. The van der Waals surface area contributed by atoms with E-state index in [2.05, 4.69) is 15.0 Å². The fraction of sp³-hybridized carbons (Fsp3) is 0.333. The second-order valence-electron chi connectivity index (χ2n) is 6.19. The molecule has 0 radical (unpaired) electrons. The number of amides is 1. The number of alkyl halides is 3. The fourth-order valence-electron chi connectivity index (χ4n) is 2.89. The number of nitrogens with zero attached hydrogens (tertiary/aromatic N) is 1. The lowest BCUT2D eigenvalue weighted by molar-refractivity contribution is -0.154. The van der Waals surface area contributed by atoms with E-state index in [9.17, 15) is 22.4 Å². The molecule has 1 N–H and O–H groups in total. The van der Waals surface area contributed by atoms with E-state index in [1.54, 1.807) is 12.1 Å². The van der Waals surface area contributed by atoms with Crippen molar-refractivity contribution in [2.75, 3.05) is 11.9 Å². The van der Waals surface area contributed by atoms with E-state index in [-0.39, 0.29) is 17.6 Å². The molecule has 1 aromatic carbocycles. The molecular formula is C18H16F4N2O2. The van der Waals surface area contributed by atoms with E-state index in [0.717, 1.165) is 12.0 Å². The largest absolute Gasteiger partial charge is 0.468 e. The summed E-state index contributed by atoms with van der Waals surface area (Å²) in [6, 6.07) is 8.51. The Morgan fingerprint density at radius 3 is 2.35 bits per heavy atom. The van der Waals surface area contributed by atoms with Crippen LogP contribution in [0.3, 0.4) is 0 Å². The third kappa shape index (κ3) is 3.95. The lowest BCUT2D eigenvalue weighted by Gasteiger charge is -2.40. The molecule has 0 unspecified atom stereocenters. The number of hydrogen-bond donors (Lipinski definition) is 1. The number of anilines is 1. The van der Waals surface area contributed by atoms with Crippen LogP contribution in [0.15, 0.2) is 42.6 Å². The van der Waals surface area contributed by atoms with Gasteiger partial charge in [-0.2, -0.15) is 13.2 Å². The van der Waals surface area contributed by atoms with Gasteiger partial charge in [0.2, 0.25) is 11.8 Å². The molecule has 1 aromatic heterocycles. The molecule has 1 saturated carbocycles. The van der Waals surface area contributed by atoms with Gasteiger partial charge in [-0.1, -0.05) is 18.6 Å². The van der Waals surface area contributed by atoms with Gasteiger partial charge in [0.1, 0.15) is 5.82 Å². The van der Waals surface area contributed by atoms with Gasteiger partial charge in [-0.15, -0.1) is 0 Å². The van der Waals surface area contributed by atoms with Crippen molar-refractivity contribution in [3.8, 4) is 5.88 Å². The summed E-state index contributed by atoms with van der Waals surface area (Å²) in [5.74, 6) is -0.805. The van der Waals surface area contributed by atoms with Crippen molar-refractivity contribution in [1.82, 2.24) is 4.98 Å². The van der Waals surface area contributed by atoms with Gasteiger partial charge in [-0.25, -0.2) is 9.37 Å². The van der Waals surface area contributed by atoms with Gasteiger partial charge < -0.3 is 10.1 Å². The molecule has 2 aromatic rings. The molecule has 0 bridgehead atoms. The fourth-order valence-corrected chi connectivity index (χ4v) is 2.89. The van der Waals surface area contributed by atoms with Crippen LogP contribution >= 0.6 is 0 Å². The number of carbonyl (C=O) groups excluding carboxylic acids is 1. The highest BCUT2D eigenvalue weighted by atomic mass is 19.4. The molecule has 1 fully saturated rings. The van der Waals surface area contributed by atoms with Crippen LogP contribution < -0.4 is 10.1 Å². The molecule has 0 aliphatic heterocycles. The molecule has 0 saturated heterocycles. The molecule has 0 spiro atoms. The number of rotatable bonds is 5. The van der Waals surface area contributed by atoms with Crippen LogP contribution in [-0.2, 0) is 10.2 Å². The van der Waals surface area contributed by atoms with E-state index in [1.807, 2.05) is 0 Å². The second-order valence-corrected chi connectivity index (χ2v) is 6.19. The predicted molar refractivity (Wildman–Crippen MR) is 86.3 cm³/mol. The quantitative estimate of drug-likeness (QED) is 0.804. The normalized spacial score (nSPS) is 15.8. The lowest BCUT2D eigenvalue weighted by Crippen LogP contribution is -2.46. The lowest BCUT2D eigenvalue weighted by atomic mass is 9.64. The Kier molecular flexibility index (Phi) is 4.84. The Labute approximate surface area is 147 Å². The van der Waals surface area contributed by atoms with Gasteiger partial charge in [0.15, 0.2) is 6.61 Å². The minimum atomic E-state index is -4.44. The molecule has 1 amide bonds. The van der Waals surface area contributed by atoms with Gasteiger partial charge in [0.25, 0.3) is 0 Å². The molecular weight excluding hydrogens is 352 g/mol. The van der Waals surface area contributed by atoms with Crippen molar-refractivity contribution in [2.24, 2.45) is 0 Å². The third-order valence-corrected chi connectivity index (χ3v) is 4.42. The maximum Gasteiger partial charge on any atom is 0.422 e. The smallest absolute Gasteiger partial charge is 0.422 e. The Balaban J connectivity index is 1.68. The summed E-state index contributed by atoms with van der Waals surface area (Å²) in [6.45, 7) is -1.43. The van der Waals surface area contributed by atoms with Crippen molar-refractivity contribution in [1.29, 1.82) is 0 Å². The number of benzene rings is 1. The number of carbonyl (C=O) groups is 1. The third-order valence-electron chi connectivity index (χ3n) is 4.42. The summed E-state index contributed by atoms with van der Waals surface area (Å²) >= 11 is 0. The number of nitrogens with one attached hydrogen (secondary N) is 1. The van der Waals surface area contributed by atoms with Crippen molar-refractivity contribution >= 4 is 11.6 Å². The van der Waals surface area contributed by atoms with Crippen LogP contribution in [-0.4, -0.2) is 23.7 Å². The minimum Gasteiger partial charge on any atom is -0.468 e. The van der Waals surface area contributed by atoms with E-state index in [4.69, 9.17) is 0 Å². The van der Waals surface area contributed by atoms with E-state index < -0.39 is 18.2 Å². The van der Waals surface area contributed by atoms with Crippen LogP contribution in [0, 0.1) is 5.82 Å². The van der Waals surface area contributed by atoms with Gasteiger partial charge in [0, 0.05) is 6.07 Å². The highest BCUT2D eigenvalue weighted by Crippen LogP contribution is 2.44. The van der Waals surface area contributed by atoms with Crippen molar-refractivity contribution in [3.05, 3.63) is 54.0 Å². The van der Waals surface area contributed by atoms with E-state index in [0.29, 0.717) is 18.5 Å².